The highest BCUT2D eigenvalue weighted by Crippen LogP contribution is 2.14. The number of nitrogens with one attached hydrogen (secondary N) is 1. The SMILES string of the molecule is Cc1nc(/C=C/C(=O)N/N=c2\sc3ccccc3n2C)cs1. The van der Waals surface area contributed by atoms with E-state index < -0.39 is 0 Å². The highest BCUT2D eigenvalue weighted by Gasteiger charge is 2.01. The molecular weight excluding hydrogens is 316 g/mol. The van der Waals surface area contributed by atoms with Crippen LogP contribution in [-0.2, 0) is 11.8 Å². The maximum absolute atomic E-state index is 11.8. The lowest BCUT2D eigenvalue weighted by Gasteiger charge is -1.95. The summed E-state index contributed by atoms with van der Waals surface area (Å²) in [5, 5.41) is 7.05. The second kappa shape index (κ2) is 6.25. The van der Waals surface area contributed by atoms with Crippen LogP contribution in [0.4, 0.5) is 0 Å². The number of para-hydroxylation sites is 1. The molecule has 2 heterocycles. The third kappa shape index (κ3) is 3.15. The van der Waals surface area contributed by atoms with E-state index in [1.54, 1.807) is 17.4 Å². The molecule has 0 saturated carbocycles. The Bertz CT molecular complexity index is 917. The molecule has 0 aliphatic rings. The van der Waals surface area contributed by atoms with Crippen LogP contribution in [0, 0.1) is 6.92 Å². The van der Waals surface area contributed by atoms with Gasteiger partial charge in [-0.25, -0.2) is 10.4 Å². The summed E-state index contributed by atoms with van der Waals surface area (Å²) in [6.07, 6.45) is 3.12. The third-order valence-corrected chi connectivity index (χ3v) is 4.92. The van der Waals surface area contributed by atoms with Crippen molar-refractivity contribution in [3.63, 3.8) is 0 Å². The third-order valence-electron chi connectivity index (χ3n) is 3.02. The van der Waals surface area contributed by atoms with Crippen LogP contribution in [-0.4, -0.2) is 15.5 Å². The van der Waals surface area contributed by atoms with Gasteiger partial charge in [-0.2, -0.15) is 0 Å². The first-order valence-electron chi connectivity index (χ1n) is 6.62. The van der Waals surface area contributed by atoms with Crippen LogP contribution < -0.4 is 10.2 Å². The standard InChI is InChI=1S/C15H14N4OS2/c1-10-16-11(9-21-10)7-8-14(20)17-18-15-19(2)12-5-3-4-6-13(12)22-15/h3-9H,1-2H3,(H,17,20)/b8-7+,18-15-. The van der Waals surface area contributed by atoms with Crippen LogP contribution in [0.15, 0.2) is 40.8 Å². The van der Waals surface area contributed by atoms with Gasteiger partial charge in [-0.1, -0.05) is 23.5 Å². The summed E-state index contributed by atoms with van der Waals surface area (Å²) in [7, 11) is 1.93. The molecule has 5 nitrogen and oxygen atoms in total. The van der Waals surface area contributed by atoms with Gasteiger partial charge >= 0.3 is 0 Å². The first kappa shape index (κ1) is 14.7. The largest absolute Gasteiger partial charge is 0.318 e. The highest BCUT2D eigenvalue weighted by molar-refractivity contribution is 7.16. The minimum absolute atomic E-state index is 0.275. The lowest BCUT2D eigenvalue weighted by molar-refractivity contribution is -0.116. The van der Waals surface area contributed by atoms with Gasteiger partial charge in [0.25, 0.3) is 5.91 Å². The predicted molar refractivity (Wildman–Crippen MR) is 90.4 cm³/mol. The summed E-state index contributed by atoms with van der Waals surface area (Å²) in [5.41, 5.74) is 4.42. The average Bonchev–Trinajstić information content (AvgIpc) is 3.07. The Balaban J connectivity index is 1.76. The molecule has 0 saturated heterocycles. The Labute approximate surface area is 135 Å². The molecule has 0 unspecified atom stereocenters. The van der Waals surface area contributed by atoms with Gasteiger partial charge in [0.2, 0.25) is 4.80 Å². The maximum atomic E-state index is 11.8. The summed E-state index contributed by atoms with van der Waals surface area (Å²) < 4.78 is 3.08. The van der Waals surface area contributed by atoms with E-state index in [1.165, 1.54) is 17.4 Å². The molecule has 0 spiro atoms. The molecule has 0 atom stereocenters. The van der Waals surface area contributed by atoms with Crippen molar-refractivity contribution in [3.8, 4) is 0 Å². The molecule has 3 rings (SSSR count). The Morgan fingerprint density at radius 2 is 2.23 bits per heavy atom. The van der Waals surface area contributed by atoms with Gasteiger partial charge in [0, 0.05) is 18.5 Å². The zero-order chi connectivity index (χ0) is 15.5. The number of carbonyl (C=O) groups excluding carboxylic acids is 1. The number of thiazole rings is 2. The molecule has 0 aliphatic carbocycles. The fourth-order valence-electron chi connectivity index (χ4n) is 1.95. The van der Waals surface area contributed by atoms with E-state index >= 15 is 0 Å². The molecule has 2 aromatic heterocycles. The molecule has 1 aromatic carbocycles. The Kier molecular flexibility index (Phi) is 4.17. The quantitative estimate of drug-likeness (QED) is 0.593. The zero-order valence-electron chi connectivity index (χ0n) is 12.1. The van der Waals surface area contributed by atoms with Crippen LogP contribution in [0.5, 0.6) is 0 Å². The van der Waals surface area contributed by atoms with E-state index in [9.17, 15) is 4.79 Å². The van der Waals surface area contributed by atoms with E-state index in [4.69, 9.17) is 0 Å². The Morgan fingerprint density at radius 3 is 2.95 bits per heavy atom. The molecule has 0 radical (unpaired) electrons. The fourth-order valence-corrected chi connectivity index (χ4v) is 3.51. The predicted octanol–water partition coefficient (Wildman–Crippen LogP) is 2.65. The van der Waals surface area contributed by atoms with Gasteiger partial charge in [0.15, 0.2) is 0 Å². The zero-order valence-corrected chi connectivity index (χ0v) is 13.7. The highest BCUT2D eigenvalue weighted by atomic mass is 32.1. The summed E-state index contributed by atoms with van der Waals surface area (Å²) in [5.74, 6) is -0.275. The lowest BCUT2D eigenvalue weighted by atomic mass is 10.3. The molecular formula is C15H14N4OS2. The lowest BCUT2D eigenvalue weighted by Crippen LogP contribution is -2.21. The number of hydrogen-bond donors (Lipinski definition) is 1. The van der Waals surface area contributed by atoms with Gasteiger partial charge in [-0.05, 0) is 25.1 Å². The van der Waals surface area contributed by atoms with Gasteiger partial charge in [0.1, 0.15) is 0 Å². The molecule has 0 aliphatic heterocycles. The summed E-state index contributed by atoms with van der Waals surface area (Å²) >= 11 is 3.08. The van der Waals surface area contributed by atoms with Crippen molar-refractivity contribution in [1.29, 1.82) is 0 Å². The number of carbonyl (C=O) groups is 1. The van der Waals surface area contributed by atoms with Crippen molar-refractivity contribution in [1.82, 2.24) is 15.0 Å². The monoisotopic (exact) mass is 330 g/mol. The summed E-state index contributed by atoms with van der Waals surface area (Å²) in [4.78, 5) is 16.8. The molecule has 22 heavy (non-hydrogen) atoms. The van der Waals surface area contributed by atoms with Crippen molar-refractivity contribution < 1.29 is 4.79 Å². The van der Waals surface area contributed by atoms with Crippen LogP contribution in [0.3, 0.4) is 0 Å². The minimum Gasteiger partial charge on any atom is -0.318 e. The summed E-state index contributed by atoms with van der Waals surface area (Å²) in [6, 6.07) is 8.03. The van der Waals surface area contributed by atoms with Crippen molar-refractivity contribution in [2.24, 2.45) is 12.1 Å². The van der Waals surface area contributed by atoms with Crippen LogP contribution in [0.1, 0.15) is 10.7 Å². The minimum atomic E-state index is -0.275. The second-order valence-electron chi connectivity index (χ2n) is 4.62. The number of fused-ring (bicyclic) bond motifs is 1. The van der Waals surface area contributed by atoms with E-state index in [0.29, 0.717) is 0 Å². The number of aryl methyl sites for hydroxylation is 2. The van der Waals surface area contributed by atoms with Crippen molar-refractivity contribution >= 4 is 44.9 Å². The number of hydrogen-bond acceptors (Lipinski definition) is 5. The molecule has 3 aromatic rings. The molecule has 0 bridgehead atoms. The van der Waals surface area contributed by atoms with Crippen LogP contribution in [0.25, 0.3) is 16.3 Å². The van der Waals surface area contributed by atoms with Crippen LogP contribution >= 0.6 is 22.7 Å². The van der Waals surface area contributed by atoms with Gasteiger partial charge in [-0.15, -0.1) is 16.4 Å². The fraction of sp³-hybridized carbons (Fsp3) is 0.133. The van der Waals surface area contributed by atoms with Crippen LogP contribution in [0.2, 0.25) is 0 Å². The smallest absolute Gasteiger partial charge is 0.264 e. The van der Waals surface area contributed by atoms with E-state index in [-0.39, 0.29) is 5.91 Å². The normalized spacial score (nSPS) is 12.4. The molecule has 7 heteroatoms. The number of benzene rings is 1. The molecule has 1 amide bonds. The van der Waals surface area contributed by atoms with E-state index in [1.807, 2.05) is 48.2 Å². The van der Waals surface area contributed by atoms with Crippen molar-refractivity contribution in [2.45, 2.75) is 6.92 Å². The molecule has 1 N–H and O–H groups in total. The maximum Gasteiger partial charge on any atom is 0.264 e. The van der Waals surface area contributed by atoms with Gasteiger partial charge < -0.3 is 4.57 Å². The van der Waals surface area contributed by atoms with E-state index in [2.05, 4.69) is 15.5 Å². The second-order valence-corrected chi connectivity index (χ2v) is 6.70. The first-order valence-corrected chi connectivity index (χ1v) is 8.31. The molecule has 112 valence electrons. The number of amides is 1. The van der Waals surface area contributed by atoms with Crippen molar-refractivity contribution in [2.75, 3.05) is 0 Å². The van der Waals surface area contributed by atoms with E-state index in [0.717, 1.165) is 25.7 Å². The topological polar surface area (TPSA) is 59.3 Å². The molecule has 0 fully saturated rings. The first-order chi connectivity index (χ1) is 10.6. The Morgan fingerprint density at radius 1 is 1.41 bits per heavy atom. The van der Waals surface area contributed by atoms with Gasteiger partial charge in [0.05, 0.1) is 20.9 Å². The Hall–Kier alpha value is -2.25. The van der Waals surface area contributed by atoms with Crippen molar-refractivity contribution in [3.05, 3.63) is 51.2 Å². The number of rotatable bonds is 3. The summed E-state index contributed by atoms with van der Waals surface area (Å²) in [6.45, 7) is 1.93. The van der Waals surface area contributed by atoms with Gasteiger partial charge in [-0.3, -0.25) is 4.79 Å². The average molecular weight is 330 g/mol. The number of aromatic nitrogens is 2. The number of nitrogens with zero attached hydrogens (tertiary/aromatic N) is 3.